The fourth-order valence-electron chi connectivity index (χ4n) is 3.07. The molecule has 3 nitrogen and oxygen atoms in total. The zero-order valence-electron chi connectivity index (χ0n) is 14.4. The summed E-state index contributed by atoms with van der Waals surface area (Å²) in [7, 11) is 0. The maximum atomic E-state index is 13.8. The van der Waals surface area contributed by atoms with Crippen LogP contribution in [0.25, 0.3) is 28.0 Å². The number of nitrogens with zero attached hydrogens (tertiary/aromatic N) is 3. The van der Waals surface area contributed by atoms with Crippen molar-refractivity contribution in [3.05, 3.63) is 76.0 Å². The highest BCUT2D eigenvalue weighted by molar-refractivity contribution is 6.42. The maximum Gasteiger partial charge on any atom is 0.433 e. The van der Waals surface area contributed by atoms with E-state index in [4.69, 9.17) is 23.2 Å². The number of rotatable bonds is 2. The van der Waals surface area contributed by atoms with E-state index in [1.807, 2.05) is 30.3 Å². The third-order valence-corrected chi connectivity index (χ3v) is 5.07. The topological polar surface area (TPSA) is 30.2 Å². The van der Waals surface area contributed by atoms with Crippen LogP contribution in [0.4, 0.5) is 13.2 Å². The van der Waals surface area contributed by atoms with E-state index < -0.39 is 11.9 Å². The van der Waals surface area contributed by atoms with Crippen LogP contribution in [0.1, 0.15) is 11.4 Å². The first-order valence-corrected chi connectivity index (χ1v) is 8.99. The zero-order valence-corrected chi connectivity index (χ0v) is 15.9. The predicted octanol–water partition coefficient (Wildman–Crippen LogP) is 6.70. The Balaban J connectivity index is 2.06. The van der Waals surface area contributed by atoms with Gasteiger partial charge in [0.25, 0.3) is 0 Å². The number of benzene rings is 2. The smallest absolute Gasteiger partial charge is 0.228 e. The minimum atomic E-state index is -4.61. The number of fused-ring (bicyclic) bond motifs is 1. The maximum absolute atomic E-state index is 13.8. The molecule has 4 rings (SSSR count). The van der Waals surface area contributed by atoms with Gasteiger partial charge in [-0.25, -0.2) is 9.50 Å². The molecule has 8 heteroatoms. The van der Waals surface area contributed by atoms with Gasteiger partial charge in [-0.05, 0) is 30.7 Å². The van der Waals surface area contributed by atoms with Crippen molar-refractivity contribution in [2.24, 2.45) is 0 Å². The molecule has 0 bridgehead atoms. The lowest BCUT2D eigenvalue weighted by atomic mass is 10.1. The van der Waals surface area contributed by atoms with Crippen molar-refractivity contribution in [1.82, 2.24) is 14.6 Å². The number of aromatic nitrogens is 3. The molecule has 28 heavy (non-hydrogen) atoms. The largest absolute Gasteiger partial charge is 0.433 e. The molecule has 0 atom stereocenters. The fourth-order valence-corrected chi connectivity index (χ4v) is 3.37. The highest BCUT2D eigenvalue weighted by atomic mass is 35.5. The number of alkyl halides is 3. The molecular formula is C20H12Cl2F3N3. The van der Waals surface area contributed by atoms with Crippen LogP contribution >= 0.6 is 23.2 Å². The van der Waals surface area contributed by atoms with E-state index in [9.17, 15) is 13.2 Å². The van der Waals surface area contributed by atoms with Gasteiger partial charge in [-0.15, -0.1) is 0 Å². The first kappa shape index (κ1) is 18.8. The Morgan fingerprint density at radius 2 is 1.61 bits per heavy atom. The Morgan fingerprint density at radius 1 is 0.893 bits per heavy atom. The highest BCUT2D eigenvalue weighted by Crippen LogP contribution is 2.37. The summed E-state index contributed by atoms with van der Waals surface area (Å²) in [6.45, 7) is 1.66. The molecule has 2 aromatic carbocycles. The lowest BCUT2D eigenvalue weighted by Gasteiger charge is -2.12. The summed E-state index contributed by atoms with van der Waals surface area (Å²) in [5.41, 5.74) is 1.52. The van der Waals surface area contributed by atoms with Crippen LogP contribution in [0.5, 0.6) is 0 Å². The molecule has 2 aromatic heterocycles. The third-order valence-electron chi connectivity index (χ3n) is 4.33. The number of aryl methyl sites for hydroxylation is 1. The van der Waals surface area contributed by atoms with E-state index >= 15 is 0 Å². The average Bonchev–Trinajstić information content (AvgIpc) is 2.98. The van der Waals surface area contributed by atoms with Crippen LogP contribution in [0, 0.1) is 6.92 Å². The first-order valence-electron chi connectivity index (χ1n) is 8.24. The van der Waals surface area contributed by atoms with Crippen LogP contribution in [0.2, 0.25) is 10.0 Å². The molecule has 0 radical (unpaired) electrons. The monoisotopic (exact) mass is 421 g/mol. The third kappa shape index (κ3) is 3.23. The Hall–Kier alpha value is -2.57. The molecule has 0 N–H and O–H groups in total. The van der Waals surface area contributed by atoms with E-state index in [0.717, 1.165) is 16.1 Å². The lowest BCUT2D eigenvalue weighted by molar-refractivity contribution is -0.142. The molecule has 0 amide bonds. The second kappa shape index (κ2) is 6.79. The quantitative estimate of drug-likeness (QED) is 0.360. The first-order chi connectivity index (χ1) is 13.3. The van der Waals surface area contributed by atoms with Crippen molar-refractivity contribution >= 4 is 28.8 Å². The Morgan fingerprint density at radius 3 is 2.25 bits per heavy atom. The van der Waals surface area contributed by atoms with Gasteiger partial charge in [-0.1, -0.05) is 59.6 Å². The molecule has 0 spiro atoms. The molecular weight excluding hydrogens is 410 g/mol. The van der Waals surface area contributed by atoms with Crippen molar-refractivity contribution in [1.29, 1.82) is 0 Å². The average molecular weight is 422 g/mol. The number of hydrogen-bond acceptors (Lipinski definition) is 2. The van der Waals surface area contributed by atoms with Gasteiger partial charge in [0.1, 0.15) is 0 Å². The summed E-state index contributed by atoms with van der Waals surface area (Å²) >= 11 is 12.0. The van der Waals surface area contributed by atoms with Crippen molar-refractivity contribution in [2.75, 3.05) is 0 Å². The van der Waals surface area contributed by atoms with Gasteiger partial charge < -0.3 is 0 Å². The van der Waals surface area contributed by atoms with Crippen LogP contribution in [-0.2, 0) is 6.18 Å². The summed E-state index contributed by atoms with van der Waals surface area (Å²) in [5.74, 6) is 0. The molecule has 0 saturated carbocycles. The van der Waals surface area contributed by atoms with E-state index in [1.165, 1.54) is 12.1 Å². The summed E-state index contributed by atoms with van der Waals surface area (Å²) in [6.07, 6.45) is -4.61. The Bertz CT molecular complexity index is 1180. The normalized spacial score (nSPS) is 11.9. The van der Waals surface area contributed by atoms with Gasteiger partial charge in [0.15, 0.2) is 11.3 Å². The molecule has 0 fully saturated rings. The molecule has 0 aliphatic rings. The van der Waals surface area contributed by atoms with Crippen LogP contribution in [-0.4, -0.2) is 14.6 Å². The minimum absolute atomic E-state index is 0.125. The van der Waals surface area contributed by atoms with Gasteiger partial charge >= 0.3 is 6.18 Å². The highest BCUT2D eigenvalue weighted by Gasteiger charge is 2.36. The molecule has 0 aliphatic heterocycles. The molecule has 0 unspecified atom stereocenters. The fraction of sp³-hybridized carbons (Fsp3) is 0.100. The molecule has 4 aromatic rings. The number of halogens is 5. The SMILES string of the molecule is Cc1nn2c(C(F)(F)F)cc(-c3ccc(Cl)c(Cl)c3)nc2c1-c1ccccc1. The van der Waals surface area contributed by atoms with Crippen molar-refractivity contribution in [3.63, 3.8) is 0 Å². The Kier molecular flexibility index (Phi) is 4.56. The second-order valence-electron chi connectivity index (χ2n) is 6.22. The van der Waals surface area contributed by atoms with E-state index in [0.29, 0.717) is 21.8 Å². The van der Waals surface area contributed by atoms with Crippen LogP contribution in [0.15, 0.2) is 54.6 Å². The summed E-state index contributed by atoms with van der Waals surface area (Å²) in [4.78, 5) is 4.49. The van der Waals surface area contributed by atoms with Crippen molar-refractivity contribution in [3.8, 4) is 22.4 Å². The lowest BCUT2D eigenvalue weighted by Crippen LogP contribution is -2.13. The van der Waals surface area contributed by atoms with Gasteiger partial charge in [-0.2, -0.15) is 18.3 Å². The summed E-state index contributed by atoms with van der Waals surface area (Å²) < 4.78 is 42.1. The predicted molar refractivity (Wildman–Crippen MR) is 104 cm³/mol. The van der Waals surface area contributed by atoms with Gasteiger partial charge in [0.2, 0.25) is 0 Å². The van der Waals surface area contributed by atoms with Crippen molar-refractivity contribution < 1.29 is 13.2 Å². The zero-order chi connectivity index (χ0) is 20.1. The van der Waals surface area contributed by atoms with Crippen molar-refractivity contribution in [2.45, 2.75) is 13.1 Å². The van der Waals surface area contributed by atoms with E-state index in [2.05, 4.69) is 10.1 Å². The van der Waals surface area contributed by atoms with Crippen LogP contribution in [0.3, 0.4) is 0 Å². The number of hydrogen-bond donors (Lipinski definition) is 0. The van der Waals surface area contributed by atoms with E-state index in [1.54, 1.807) is 13.0 Å². The Labute approximate surface area is 168 Å². The summed E-state index contributed by atoms with van der Waals surface area (Å²) in [5, 5.41) is 4.66. The molecule has 142 valence electrons. The molecule has 2 heterocycles. The van der Waals surface area contributed by atoms with E-state index in [-0.39, 0.29) is 16.4 Å². The van der Waals surface area contributed by atoms with Gasteiger partial charge in [0, 0.05) is 11.1 Å². The molecule has 0 aliphatic carbocycles. The molecule has 0 saturated heterocycles. The van der Waals surface area contributed by atoms with Gasteiger partial charge in [-0.3, -0.25) is 0 Å². The van der Waals surface area contributed by atoms with Gasteiger partial charge in [0.05, 0.1) is 21.4 Å². The summed E-state index contributed by atoms with van der Waals surface area (Å²) in [6, 6.07) is 14.6. The second-order valence-corrected chi connectivity index (χ2v) is 7.03. The van der Waals surface area contributed by atoms with Crippen LogP contribution < -0.4 is 0 Å². The standard InChI is InChI=1S/C20H12Cl2F3N3/c1-11-18(12-5-3-2-4-6-12)19-26-16(13-7-8-14(21)15(22)9-13)10-17(20(23,24)25)28(19)27-11/h2-10H,1H3. The minimum Gasteiger partial charge on any atom is -0.228 e.